The largest absolute Gasteiger partial charge is 0.471 e. The van der Waals surface area contributed by atoms with Crippen molar-refractivity contribution < 1.29 is 9.66 Å². The van der Waals surface area contributed by atoms with Gasteiger partial charge in [0.25, 0.3) is 4.96 Å². The van der Waals surface area contributed by atoms with Gasteiger partial charge in [0.15, 0.2) is 0 Å². The maximum Gasteiger partial charge on any atom is 0.393 e. The molecule has 0 amide bonds. The Balaban J connectivity index is 1.76. The van der Waals surface area contributed by atoms with Crippen molar-refractivity contribution in [3.8, 4) is 5.88 Å². The normalized spacial score (nSPS) is 22.5. The lowest BCUT2D eigenvalue weighted by Gasteiger charge is -2.29. The van der Waals surface area contributed by atoms with Gasteiger partial charge in [0.1, 0.15) is 6.20 Å². The first-order valence-electron chi connectivity index (χ1n) is 7.13. The molecule has 0 saturated heterocycles. The standard InChI is InChI=1S/C13H18N4O3S/c14-7-9-3-1-2-4-10(9)8-20-11-12(17(18)19)16-5-6-21-13(16)15-11/h5-6,9-10H,1-4,7-8,14H2. The predicted molar refractivity (Wildman–Crippen MR) is 79.7 cm³/mol. The van der Waals surface area contributed by atoms with E-state index < -0.39 is 4.92 Å². The zero-order valence-corrected chi connectivity index (χ0v) is 12.4. The van der Waals surface area contributed by atoms with Crippen molar-refractivity contribution in [3.63, 3.8) is 0 Å². The van der Waals surface area contributed by atoms with E-state index in [0.717, 1.165) is 12.8 Å². The number of thiazole rings is 1. The average Bonchev–Trinajstić information content (AvgIpc) is 3.05. The van der Waals surface area contributed by atoms with Gasteiger partial charge in [0.05, 0.1) is 6.61 Å². The van der Waals surface area contributed by atoms with Crippen molar-refractivity contribution in [2.24, 2.45) is 17.6 Å². The SMILES string of the molecule is NCC1CCCCC1COc1nc2sccn2c1[N+](=O)[O-]. The number of imidazole rings is 1. The van der Waals surface area contributed by atoms with Crippen LogP contribution in [0, 0.1) is 22.0 Å². The number of hydrogen-bond donors (Lipinski definition) is 1. The van der Waals surface area contributed by atoms with E-state index in [1.54, 1.807) is 11.6 Å². The monoisotopic (exact) mass is 310 g/mol. The third-order valence-corrected chi connectivity index (χ3v) is 4.94. The van der Waals surface area contributed by atoms with Crippen molar-refractivity contribution in [1.82, 2.24) is 9.38 Å². The van der Waals surface area contributed by atoms with Crippen LogP contribution in [-0.4, -0.2) is 27.5 Å². The minimum Gasteiger partial charge on any atom is -0.471 e. The number of nitrogens with zero attached hydrogens (tertiary/aromatic N) is 3. The van der Waals surface area contributed by atoms with E-state index in [1.807, 2.05) is 0 Å². The second-order valence-corrected chi connectivity index (χ2v) is 6.28. The molecule has 2 heterocycles. The summed E-state index contributed by atoms with van der Waals surface area (Å²) in [5.41, 5.74) is 5.80. The Kier molecular flexibility index (Phi) is 4.07. The molecule has 0 aromatic carbocycles. The van der Waals surface area contributed by atoms with E-state index in [4.69, 9.17) is 10.5 Å². The molecule has 114 valence electrons. The van der Waals surface area contributed by atoms with Crippen molar-refractivity contribution in [3.05, 3.63) is 21.7 Å². The fourth-order valence-electron chi connectivity index (χ4n) is 3.02. The molecule has 1 aliphatic carbocycles. The first kappa shape index (κ1) is 14.3. The lowest BCUT2D eigenvalue weighted by atomic mass is 9.80. The molecule has 21 heavy (non-hydrogen) atoms. The third kappa shape index (κ3) is 2.73. The Morgan fingerprint density at radius 3 is 2.95 bits per heavy atom. The van der Waals surface area contributed by atoms with Crippen LogP contribution in [0.1, 0.15) is 25.7 Å². The summed E-state index contributed by atoms with van der Waals surface area (Å²) in [5, 5.41) is 13.0. The van der Waals surface area contributed by atoms with Crippen LogP contribution in [0.15, 0.2) is 11.6 Å². The molecule has 0 radical (unpaired) electrons. The van der Waals surface area contributed by atoms with E-state index >= 15 is 0 Å². The summed E-state index contributed by atoms with van der Waals surface area (Å²) in [6.07, 6.45) is 6.20. The van der Waals surface area contributed by atoms with Crippen LogP contribution in [0.4, 0.5) is 5.82 Å². The summed E-state index contributed by atoms with van der Waals surface area (Å²) in [6, 6.07) is 0. The number of nitrogens with two attached hydrogens (primary N) is 1. The van der Waals surface area contributed by atoms with Gasteiger partial charge in [0.2, 0.25) is 0 Å². The summed E-state index contributed by atoms with van der Waals surface area (Å²) >= 11 is 1.35. The smallest absolute Gasteiger partial charge is 0.393 e. The zero-order valence-electron chi connectivity index (χ0n) is 11.6. The topological polar surface area (TPSA) is 95.7 Å². The number of rotatable bonds is 5. The van der Waals surface area contributed by atoms with E-state index in [9.17, 15) is 10.1 Å². The Labute approximate surface area is 125 Å². The predicted octanol–water partition coefficient (Wildman–Crippen LogP) is 2.45. The Morgan fingerprint density at radius 2 is 2.24 bits per heavy atom. The van der Waals surface area contributed by atoms with Crippen LogP contribution < -0.4 is 10.5 Å². The molecule has 8 heteroatoms. The molecule has 2 N–H and O–H groups in total. The Hall–Kier alpha value is -1.67. The summed E-state index contributed by atoms with van der Waals surface area (Å²) in [4.78, 5) is 15.6. The lowest BCUT2D eigenvalue weighted by Crippen LogP contribution is -2.30. The minimum atomic E-state index is -0.441. The highest BCUT2D eigenvalue weighted by Gasteiger charge is 2.29. The molecular formula is C13H18N4O3S. The maximum atomic E-state index is 11.2. The van der Waals surface area contributed by atoms with Gasteiger partial charge in [0, 0.05) is 5.38 Å². The molecule has 3 rings (SSSR count). The van der Waals surface area contributed by atoms with E-state index in [0.29, 0.717) is 29.9 Å². The summed E-state index contributed by atoms with van der Waals surface area (Å²) in [7, 11) is 0. The Morgan fingerprint density at radius 1 is 1.48 bits per heavy atom. The molecule has 2 aromatic heterocycles. The molecule has 0 spiro atoms. The second-order valence-electron chi connectivity index (χ2n) is 5.40. The molecule has 1 aliphatic rings. The summed E-state index contributed by atoms with van der Waals surface area (Å²) in [5.74, 6) is 0.837. The second kappa shape index (κ2) is 5.98. The number of aromatic nitrogens is 2. The van der Waals surface area contributed by atoms with Gasteiger partial charge in [-0.1, -0.05) is 24.2 Å². The number of fused-ring (bicyclic) bond motifs is 1. The van der Waals surface area contributed by atoms with Crippen molar-refractivity contribution >= 4 is 22.1 Å². The lowest BCUT2D eigenvalue weighted by molar-refractivity contribution is -0.391. The molecule has 2 unspecified atom stereocenters. The first-order valence-corrected chi connectivity index (χ1v) is 8.01. The molecule has 0 aliphatic heterocycles. The van der Waals surface area contributed by atoms with Crippen LogP contribution in [0.25, 0.3) is 4.96 Å². The average molecular weight is 310 g/mol. The fourth-order valence-corrected chi connectivity index (χ4v) is 3.72. The first-order chi connectivity index (χ1) is 10.2. The highest BCUT2D eigenvalue weighted by molar-refractivity contribution is 7.15. The number of ether oxygens (including phenoxy) is 1. The van der Waals surface area contributed by atoms with Crippen molar-refractivity contribution in [1.29, 1.82) is 0 Å². The molecule has 7 nitrogen and oxygen atoms in total. The van der Waals surface area contributed by atoms with E-state index in [2.05, 4.69) is 4.98 Å². The third-order valence-electron chi connectivity index (χ3n) is 4.18. The molecule has 2 aromatic rings. The van der Waals surface area contributed by atoms with E-state index in [1.165, 1.54) is 28.6 Å². The highest BCUT2D eigenvalue weighted by atomic mass is 32.1. The maximum absolute atomic E-state index is 11.2. The molecule has 1 saturated carbocycles. The van der Waals surface area contributed by atoms with E-state index in [-0.39, 0.29) is 11.7 Å². The molecule has 1 fully saturated rings. The van der Waals surface area contributed by atoms with Gasteiger partial charge in [-0.25, -0.2) is 0 Å². The van der Waals surface area contributed by atoms with Gasteiger partial charge < -0.3 is 20.6 Å². The van der Waals surface area contributed by atoms with Crippen LogP contribution in [0.3, 0.4) is 0 Å². The number of hydrogen-bond acceptors (Lipinski definition) is 6. The van der Waals surface area contributed by atoms with Gasteiger partial charge >= 0.3 is 11.7 Å². The minimum absolute atomic E-state index is 0.0913. The fraction of sp³-hybridized carbons (Fsp3) is 0.615. The van der Waals surface area contributed by atoms with Crippen molar-refractivity contribution in [2.75, 3.05) is 13.2 Å². The Bertz CT molecular complexity index is 638. The van der Waals surface area contributed by atoms with Crippen molar-refractivity contribution in [2.45, 2.75) is 25.7 Å². The van der Waals surface area contributed by atoms with Crippen LogP contribution in [-0.2, 0) is 0 Å². The summed E-state index contributed by atoms with van der Waals surface area (Å²) in [6.45, 7) is 1.10. The van der Waals surface area contributed by atoms with Crippen LogP contribution >= 0.6 is 11.3 Å². The highest BCUT2D eigenvalue weighted by Crippen LogP contribution is 2.33. The van der Waals surface area contributed by atoms with Gasteiger partial charge in [-0.2, -0.15) is 9.38 Å². The quantitative estimate of drug-likeness (QED) is 0.676. The van der Waals surface area contributed by atoms with Gasteiger partial charge in [-0.15, -0.1) is 0 Å². The van der Waals surface area contributed by atoms with Gasteiger partial charge in [-0.05, 0) is 36.1 Å². The van der Waals surface area contributed by atoms with Crippen LogP contribution in [0.2, 0.25) is 0 Å². The van der Waals surface area contributed by atoms with Gasteiger partial charge in [-0.3, -0.25) is 0 Å². The molecule has 2 atom stereocenters. The zero-order chi connectivity index (χ0) is 14.8. The molecular weight excluding hydrogens is 292 g/mol. The molecule has 0 bridgehead atoms. The van der Waals surface area contributed by atoms with Crippen LogP contribution in [0.5, 0.6) is 5.88 Å². The summed E-state index contributed by atoms with van der Waals surface area (Å²) < 4.78 is 7.15. The number of nitro groups is 1.